The Bertz CT molecular complexity index is 833. The van der Waals surface area contributed by atoms with Crippen LogP contribution in [0.15, 0.2) is 59.7 Å². The SMILES string of the molecule is O=C1OCCCCCCCOC(=O)c2ccccc2N/N=C/1c1ccccc1. The Morgan fingerprint density at radius 2 is 1.32 bits per heavy atom. The molecular formula is C22H24N2O4. The molecule has 0 radical (unpaired) electrons. The van der Waals surface area contributed by atoms with Crippen molar-refractivity contribution in [1.29, 1.82) is 0 Å². The van der Waals surface area contributed by atoms with Crippen molar-refractivity contribution in [2.24, 2.45) is 5.10 Å². The quantitative estimate of drug-likeness (QED) is 0.752. The number of nitrogens with one attached hydrogen (secondary N) is 1. The van der Waals surface area contributed by atoms with Crippen LogP contribution in [0.3, 0.4) is 0 Å². The first-order valence-corrected chi connectivity index (χ1v) is 9.58. The molecule has 0 aliphatic carbocycles. The molecule has 28 heavy (non-hydrogen) atoms. The molecule has 0 atom stereocenters. The van der Waals surface area contributed by atoms with Crippen LogP contribution in [-0.2, 0) is 14.3 Å². The van der Waals surface area contributed by atoms with Crippen LogP contribution < -0.4 is 5.43 Å². The predicted octanol–water partition coefficient (Wildman–Crippen LogP) is 4.17. The molecule has 0 aromatic heterocycles. The molecule has 1 N–H and O–H groups in total. The predicted molar refractivity (Wildman–Crippen MR) is 107 cm³/mol. The summed E-state index contributed by atoms with van der Waals surface area (Å²) in [5.74, 6) is -0.903. The molecule has 0 unspecified atom stereocenters. The molecule has 0 fully saturated rings. The Balaban J connectivity index is 1.90. The van der Waals surface area contributed by atoms with Crippen LogP contribution in [0.4, 0.5) is 5.69 Å². The standard InChI is InChI=1S/C22H24N2O4/c25-21-18-13-7-8-14-19(18)23-24-20(17-11-5-4-6-12-17)22(26)28-16-10-3-1-2-9-15-27-21/h4-8,11-14,23H,1-3,9-10,15-16H2/b24-20+. The molecule has 1 heterocycles. The van der Waals surface area contributed by atoms with Crippen LogP contribution in [0.5, 0.6) is 0 Å². The molecule has 0 bridgehead atoms. The highest BCUT2D eigenvalue weighted by Gasteiger charge is 2.17. The van der Waals surface area contributed by atoms with Gasteiger partial charge < -0.3 is 9.47 Å². The lowest BCUT2D eigenvalue weighted by Gasteiger charge is -2.12. The fourth-order valence-electron chi connectivity index (χ4n) is 2.91. The Morgan fingerprint density at radius 1 is 0.714 bits per heavy atom. The van der Waals surface area contributed by atoms with Gasteiger partial charge in [-0.05, 0) is 25.0 Å². The van der Waals surface area contributed by atoms with Gasteiger partial charge in [-0.15, -0.1) is 0 Å². The Kier molecular flexibility index (Phi) is 7.18. The smallest absolute Gasteiger partial charge is 0.359 e. The van der Waals surface area contributed by atoms with Crippen molar-refractivity contribution in [3.05, 3.63) is 65.7 Å². The number of hydrazone groups is 1. The molecule has 1 aliphatic heterocycles. The van der Waals surface area contributed by atoms with Crippen LogP contribution in [-0.4, -0.2) is 30.9 Å². The topological polar surface area (TPSA) is 77.0 Å². The van der Waals surface area contributed by atoms with E-state index in [1.165, 1.54) is 0 Å². The first-order chi connectivity index (χ1) is 13.8. The van der Waals surface area contributed by atoms with Crippen molar-refractivity contribution in [2.45, 2.75) is 32.1 Å². The summed E-state index contributed by atoms with van der Waals surface area (Å²) in [6, 6.07) is 16.0. The number of cyclic esters (lactones) is 2. The third-order valence-electron chi connectivity index (χ3n) is 4.43. The molecular weight excluding hydrogens is 356 g/mol. The van der Waals surface area contributed by atoms with Crippen LogP contribution in [0.25, 0.3) is 0 Å². The van der Waals surface area contributed by atoms with Gasteiger partial charge in [0.1, 0.15) is 0 Å². The fourth-order valence-corrected chi connectivity index (χ4v) is 2.91. The van der Waals surface area contributed by atoms with E-state index in [0.29, 0.717) is 30.0 Å². The van der Waals surface area contributed by atoms with Gasteiger partial charge in [0.15, 0.2) is 5.71 Å². The molecule has 0 saturated heterocycles. The second kappa shape index (κ2) is 10.3. The molecule has 0 amide bonds. The highest BCUT2D eigenvalue weighted by molar-refractivity contribution is 6.43. The maximum absolute atomic E-state index is 12.6. The van der Waals surface area contributed by atoms with Gasteiger partial charge in [-0.3, -0.25) is 5.43 Å². The zero-order chi connectivity index (χ0) is 19.6. The van der Waals surface area contributed by atoms with E-state index in [1.54, 1.807) is 36.4 Å². The molecule has 3 rings (SSSR count). The highest BCUT2D eigenvalue weighted by Crippen LogP contribution is 2.17. The minimum atomic E-state index is -0.495. The lowest BCUT2D eigenvalue weighted by Crippen LogP contribution is -2.21. The molecule has 0 saturated carbocycles. The number of rotatable bonds is 1. The first kappa shape index (κ1) is 19.6. The van der Waals surface area contributed by atoms with E-state index in [0.717, 1.165) is 32.1 Å². The van der Waals surface area contributed by atoms with E-state index in [2.05, 4.69) is 10.5 Å². The zero-order valence-electron chi connectivity index (χ0n) is 15.7. The van der Waals surface area contributed by atoms with E-state index < -0.39 is 11.9 Å². The van der Waals surface area contributed by atoms with Crippen LogP contribution in [0.1, 0.15) is 48.0 Å². The van der Waals surface area contributed by atoms with E-state index >= 15 is 0 Å². The summed E-state index contributed by atoms with van der Waals surface area (Å²) in [7, 11) is 0. The maximum atomic E-state index is 12.6. The van der Waals surface area contributed by atoms with Crippen molar-refractivity contribution in [2.75, 3.05) is 18.6 Å². The minimum absolute atomic E-state index is 0.163. The van der Waals surface area contributed by atoms with E-state index in [4.69, 9.17) is 9.47 Å². The average Bonchev–Trinajstić information content (AvgIpc) is 2.73. The van der Waals surface area contributed by atoms with Gasteiger partial charge in [-0.2, -0.15) is 5.10 Å². The summed E-state index contributed by atoms with van der Waals surface area (Å²) in [6.45, 7) is 0.747. The highest BCUT2D eigenvalue weighted by atomic mass is 16.5. The molecule has 2 aromatic carbocycles. The summed E-state index contributed by atoms with van der Waals surface area (Å²) in [5.41, 5.74) is 4.49. The fraction of sp³-hybridized carbons (Fsp3) is 0.318. The number of carbonyl (C=O) groups is 2. The maximum Gasteiger partial charge on any atom is 0.359 e. The Hall–Kier alpha value is -3.15. The van der Waals surface area contributed by atoms with Crippen LogP contribution in [0.2, 0.25) is 0 Å². The molecule has 146 valence electrons. The van der Waals surface area contributed by atoms with Gasteiger partial charge in [0.25, 0.3) is 0 Å². The summed E-state index contributed by atoms with van der Waals surface area (Å²) in [4.78, 5) is 25.0. The Labute approximate surface area is 164 Å². The van der Waals surface area contributed by atoms with Crippen molar-refractivity contribution in [3.63, 3.8) is 0 Å². The van der Waals surface area contributed by atoms with Gasteiger partial charge in [0.2, 0.25) is 0 Å². The van der Waals surface area contributed by atoms with E-state index in [1.807, 2.05) is 18.2 Å². The second-order valence-corrected chi connectivity index (χ2v) is 6.52. The van der Waals surface area contributed by atoms with Crippen LogP contribution >= 0.6 is 0 Å². The second-order valence-electron chi connectivity index (χ2n) is 6.52. The molecule has 2 aromatic rings. The molecule has 6 nitrogen and oxygen atoms in total. The number of fused-ring (bicyclic) bond motifs is 1. The van der Waals surface area contributed by atoms with Crippen molar-refractivity contribution >= 4 is 23.3 Å². The lowest BCUT2D eigenvalue weighted by molar-refractivity contribution is -0.135. The Morgan fingerprint density at radius 3 is 2.07 bits per heavy atom. The summed E-state index contributed by atoms with van der Waals surface area (Å²) >= 11 is 0. The number of carbonyl (C=O) groups excluding carboxylic acids is 2. The van der Waals surface area contributed by atoms with E-state index in [-0.39, 0.29) is 5.71 Å². The van der Waals surface area contributed by atoms with Gasteiger partial charge in [0, 0.05) is 5.56 Å². The number of para-hydroxylation sites is 1. The summed E-state index contributed by atoms with van der Waals surface area (Å²) < 4.78 is 10.8. The normalized spacial score (nSPS) is 18.6. The minimum Gasteiger partial charge on any atom is -0.462 e. The third kappa shape index (κ3) is 5.42. The number of nitrogens with zero attached hydrogens (tertiary/aromatic N) is 1. The van der Waals surface area contributed by atoms with Gasteiger partial charge in [0.05, 0.1) is 24.5 Å². The first-order valence-electron chi connectivity index (χ1n) is 9.58. The summed E-state index contributed by atoms with van der Waals surface area (Å²) in [6.07, 6.45) is 4.55. The third-order valence-corrected chi connectivity index (χ3v) is 4.43. The lowest BCUT2D eigenvalue weighted by atomic mass is 10.1. The number of esters is 2. The van der Waals surface area contributed by atoms with Crippen molar-refractivity contribution < 1.29 is 19.1 Å². The van der Waals surface area contributed by atoms with Gasteiger partial charge in [-0.25, -0.2) is 9.59 Å². The van der Waals surface area contributed by atoms with Crippen LogP contribution in [0, 0.1) is 0 Å². The summed E-state index contributed by atoms with van der Waals surface area (Å²) in [5, 5.41) is 4.26. The number of hydrogen-bond donors (Lipinski definition) is 1. The molecule has 6 heteroatoms. The molecule has 0 spiro atoms. The van der Waals surface area contributed by atoms with Gasteiger partial charge >= 0.3 is 11.9 Å². The number of hydrogen-bond acceptors (Lipinski definition) is 6. The zero-order valence-corrected chi connectivity index (χ0v) is 15.7. The number of ether oxygens (including phenoxy) is 2. The van der Waals surface area contributed by atoms with Gasteiger partial charge in [-0.1, -0.05) is 61.7 Å². The van der Waals surface area contributed by atoms with Crippen molar-refractivity contribution in [1.82, 2.24) is 0 Å². The number of benzene rings is 2. The van der Waals surface area contributed by atoms with E-state index in [9.17, 15) is 9.59 Å². The average molecular weight is 380 g/mol. The number of anilines is 1. The monoisotopic (exact) mass is 380 g/mol. The largest absolute Gasteiger partial charge is 0.462 e. The van der Waals surface area contributed by atoms with Crippen molar-refractivity contribution in [3.8, 4) is 0 Å². The molecule has 1 aliphatic rings.